The fourth-order valence-corrected chi connectivity index (χ4v) is 2.52. The Hall–Kier alpha value is -3.42. The topological polar surface area (TPSA) is 109 Å². The number of benzene rings is 1. The first-order valence-corrected chi connectivity index (χ1v) is 7.33. The van der Waals surface area contributed by atoms with E-state index < -0.39 is 0 Å². The molecule has 1 aliphatic rings. The number of amides is 2. The maximum absolute atomic E-state index is 12.3. The van der Waals surface area contributed by atoms with Crippen LogP contribution in [0.25, 0.3) is 11.0 Å². The summed E-state index contributed by atoms with van der Waals surface area (Å²) in [5.74, 6) is 0.0304. The van der Waals surface area contributed by atoms with Crippen LogP contribution in [0.4, 0.5) is 5.69 Å². The summed E-state index contributed by atoms with van der Waals surface area (Å²) in [6.07, 6.45) is 1.66. The number of hydrogen-bond donors (Lipinski definition) is 3. The monoisotopic (exact) mass is 323 g/mol. The second-order valence-electron chi connectivity index (χ2n) is 5.31. The lowest BCUT2D eigenvalue weighted by molar-refractivity contribution is -0.118. The zero-order chi connectivity index (χ0) is 16.5. The van der Waals surface area contributed by atoms with E-state index in [1.54, 1.807) is 24.4 Å². The average molecular weight is 323 g/mol. The summed E-state index contributed by atoms with van der Waals surface area (Å²) in [5.41, 5.74) is 2.41. The van der Waals surface area contributed by atoms with E-state index in [0.29, 0.717) is 29.2 Å². The molecule has 2 amide bonds. The molecule has 0 fully saturated rings. The van der Waals surface area contributed by atoms with E-state index in [4.69, 9.17) is 4.74 Å². The first-order chi connectivity index (χ1) is 11.7. The number of carbonyl (C=O) groups is 2. The second-order valence-corrected chi connectivity index (χ2v) is 5.31. The lowest BCUT2D eigenvalue weighted by atomic mass is 10.1. The van der Waals surface area contributed by atoms with E-state index in [1.165, 1.54) is 0 Å². The van der Waals surface area contributed by atoms with Gasteiger partial charge in [0.15, 0.2) is 12.3 Å². The van der Waals surface area contributed by atoms with Crippen LogP contribution < -0.4 is 15.4 Å². The maximum Gasteiger partial charge on any atom is 0.262 e. The number of ether oxygens (including phenoxy) is 1. The van der Waals surface area contributed by atoms with Crippen molar-refractivity contribution >= 4 is 28.5 Å². The van der Waals surface area contributed by atoms with E-state index in [9.17, 15) is 9.59 Å². The van der Waals surface area contributed by atoms with Gasteiger partial charge in [-0.3, -0.25) is 14.7 Å². The van der Waals surface area contributed by atoms with Crippen LogP contribution in [-0.2, 0) is 11.3 Å². The highest BCUT2D eigenvalue weighted by Gasteiger charge is 2.18. The van der Waals surface area contributed by atoms with Gasteiger partial charge in [0, 0.05) is 17.1 Å². The van der Waals surface area contributed by atoms with Gasteiger partial charge in [0.2, 0.25) is 0 Å². The largest absolute Gasteiger partial charge is 0.482 e. The molecule has 0 atom stereocenters. The molecule has 1 aromatic carbocycles. The Morgan fingerprint density at radius 2 is 2.25 bits per heavy atom. The Balaban J connectivity index is 1.49. The number of aromatic nitrogens is 3. The smallest absolute Gasteiger partial charge is 0.262 e. The fraction of sp³-hybridized carbons (Fsp3) is 0.125. The zero-order valence-corrected chi connectivity index (χ0v) is 12.5. The summed E-state index contributed by atoms with van der Waals surface area (Å²) in [5, 5.41) is 13.3. The molecule has 2 aromatic heterocycles. The zero-order valence-electron chi connectivity index (χ0n) is 12.5. The highest BCUT2D eigenvalue weighted by Crippen LogP contribution is 2.28. The number of anilines is 1. The van der Waals surface area contributed by atoms with Crippen LogP contribution in [0.2, 0.25) is 0 Å². The average Bonchev–Trinajstić information content (AvgIpc) is 3.02. The summed E-state index contributed by atoms with van der Waals surface area (Å²) >= 11 is 0. The molecule has 4 rings (SSSR count). The molecule has 0 saturated carbocycles. The van der Waals surface area contributed by atoms with Crippen molar-refractivity contribution in [1.82, 2.24) is 20.5 Å². The van der Waals surface area contributed by atoms with Gasteiger partial charge < -0.3 is 15.4 Å². The van der Waals surface area contributed by atoms with E-state index >= 15 is 0 Å². The first-order valence-electron chi connectivity index (χ1n) is 7.33. The minimum Gasteiger partial charge on any atom is -0.482 e. The molecule has 0 aliphatic carbocycles. The van der Waals surface area contributed by atoms with Crippen LogP contribution in [0, 0.1) is 0 Å². The first kappa shape index (κ1) is 14.2. The van der Waals surface area contributed by atoms with Gasteiger partial charge in [-0.1, -0.05) is 0 Å². The molecule has 0 bridgehead atoms. The van der Waals surface area contributed by atoms with Gasteiger partial charge >= 0.3 is 0 Å². The molecule has 1 aliphatic heterocycles. The van der Waals surface area contributed by atoms with Crippen molar-refractivity contribution in [2.45, 2.75) is 6.54 Å². The number of nitrogens with zero attached hydrogens (tertiary/aromatic N) is 2. The number of rotatable bonds is 3. The highest BCUT2D eigenvalue weighted by atomic mass is 16.5. The molecule has 8 nitrogen and oxygen atoms in total. The van der Waals surface area contributed by atoms with Crippen LogP contribution in [-0.4, -0.2) is 33.6 Å². The van der Waals surface area contributed by atoms with Crippen molar-refractivity contribution in [2.75, 3.05) is 11.9 Å². The second kappa shape index (κ2) is 5.65. The number of aromatic amines is 1. The highest BCUT2D eigenvalue weighted by molar-refractivity contribution is 5.99. The van der Waals surface area contributed by atoms with Crippen LogP contribution in [0.3, 0.4) is 0 Å². The van der Waals surface area contributed by atoms with Crippen molar-refractivity contribution in [3.8, 4) is 5.75 Å². The van der Waals surface area contributed by atoms with Crippen molar-refractivity contribution < 1.29 is 14.3 Å². The predicted octanol–water partition coefficient (Wildman–Crippen LogP) is 1.22. The summed E-state index contributed by atoms with van der Waals surface area (Å²) < 4.78 is 5.32. The Bertz CT molecular complexity index is 950. The summed E-state index contributed by atoms with van der Waals surface area (Å²) in [7, 11) is 0. The van der Waals surface area contributed by atoms with Crippen LogP contribution in [0.1, 0.15) is 16.1 Å². The van der Waals surface area contributed by atoms with Crippen molar-refractivity contribution in [3.05, 3.63) is 47.8 Å². The molecular weight excluding hydrogens is 310 g/mol. The summed E-state index contributed by atoms with van der Waals surface area (Å²) in [6, 6.07) is 8.60. The van der Waals surface area contributed by atoms with Gasteiger partial charge in [0.05, 0.1) is 17.9 Å². The molecule has 0 radical (unpaired) electrons. The van der Waals surface area contributed by atoms with Gasteiger partial charge in [-0.15, -0.1) is 0 Å². The number of nitrogens with one attached hydrogen (secondary N) is 3. The van der Waals surface area contributed by atoms with E-state index in [2.05, 4.69) is 25.8 Å². The molecule has 3 heterocycles. The Kier molecular flexibility index (Phi) is 3.34. The van der Waals surface area contributed by atoms with E-state index in [-0.39, 0.29) is 18.4 Å². The molecule has 0 spiro atoms. The van der Waals surface area contributed by atoms with Gasteiger partial charge in [-0.2, -0.15) is 5.10 Å². The minimum absolute atomic E-state index is 0.0504. The van der Waals surface area contributed by atoms with E-state index in [1.807, 2.05) is 12.1 Å². The molecule has 3 N–H and O–H groups in total. The predicted molar refractivity (Wildman–Crippen MR) is 85.6 cm³/mol. The standard InChI is InChI=1S/C16H13N5O3/c22-14-8-24-13-6-9(3-4-11(13)19-14)16(23)18-7-12-10-2-1-5-17-15(10)21-20-12/h1-6H,7-8H2,(H,18,23)(H,19,22)(H,17,20,21). The van der Waals surface area contributed by atoms with Gasteiger partial charge in [-0.25, -0.2) is 4.98 Å². The molecule has 120 valence electrons. The number of fused-ring (bicyclic) bond motifs is 2. The van der Waals surface area contributed by atoms with Gasteiger partial charge in [0.25, 0.3) is 11.8 Å². The summed E-state index contributed by atoms with van der Waals surface area (Å²) in [6.45, 7) is 0.251. The lowest BCUT2D eigenvalue weighted by Crippen LogP contribution is -2.26. The fourth-order valence-electron chi connectivity index (χ4n) is 2.52. The van der Waals surface area contributed by atoms with Crippen molar-refractivity contribution in [2.24, 2.45) is 0 Å². The lowest BCUT2D eigenvalue weighted by Gasteiger charge is -2.18. The minimum atomic E-state index is -0.245. The quantitative estimate of drug-likeness (QED) is 0.671. The Morgan fingerprint density at radius 3 is 3.17 bits per heavy atom. The number of H-pyrrole nitrogens is 1. The Labute approximate surface area is 136 Å². The number of carbonyl (C=O) groups excluding carboxylic acids is 2. The third kappa shape index (κ3) is 2.54. The van der Waals surface area contributed by atoms with Crippen LogP contribution in [0.15, 0.2) is 36.5 Å². The normalized spacial score (nSPS) is 13.1. The molecule has 24 heavy (non-hydrogen) atoms. The third-order valence-corrected chi connectivity index (χ3v) is 3.71. The SMILES string of the molecule is O=C1COc2cc(C(=O)NCc3[nH]nc4ncccc34)ccc2N1. The van der Waals surface area contributed by atoms with Gasteiger partial charge in [0.1, 0.15) is 5.75 Å². The molecule has 3 aromatic rings. The maximum atomic E-state index is 12.3. The third-order valence-electron chi connectivity index (χ3n) is 3.71. The molecule has 0 unspecified atom stereocenters. The van der Waals surface area contributed by atoms with E-state index in [0.717, 1.165) is 11.1 Å². The molecule has 0 saturated heterocycles. The van der Waals surface area contributed by atoms with Gasteiger partial charge in [-0.05, 0) is 30.3 Å². The van der Waals surface area contributed by atoms with Crippen LogP contribution in [0.5, 0.6) is 5.75 Å². The number of hydrogen-bond acceptors (Lipinski definition) is 5. The van der Waals surface area contributed by atoms with Crippen molar-refractivity contribution in [3.63, 3.8) is 0 Å². The number of pyridine rings is 1. The van der Waals surface area contributed by atoms with Crippen molar-refractivity contribution in [1.29, 1.82) is 0 Å². The molecule has 8 heteroatoms. The van der Waals surface area contributed by atoms with Crippen LogP contribution >= 0.6 is 0 Å². The molecular formula is C16H13N5O3. The summed E-state index contributed by atoms with van der Waals surface area (Å²) in [4.78, 5) is 27.7. The Morgan fingerprint density at radius 1 is 1.33 bits per heavy atom.